The third-order valence-corrected chi connectivity index (χ3v) is 4.92. The molecule has 0 aliphatic rings. The van der Waals surface area contributed by atoms with Crippen LogP contribution in [-0.4, -0.2) is 38.3 Å². The SMILES string of the molecule is CC(C)NC(=O)CN(C)S(=O)(=O)c1ccc(CN)c(Cl)c1. The Hall–Kier alpha value is -1.15. The highest BCUT2D eigenvalue weighted by Gasteiger charge is 2.23. The molecule has 0 saturated carbocycles. The van der Waals surface area contributed by atoms with Crippen LogP contribution < -0.4 is 11.1 Å². The zero-order valence-electron chi connectivity index (χ0n) is 12.3. The molecule has 8 heteroatoms. The second kappa shape index (κ2) is 7.22. The number of halogens is 1. The minimum absolute atomic E-state index is 0.0320. The molecule has 1 rings (SSSR count). The van der Waals surface area contributed by atoms with E-state index in [1.807, 2.05) is 0 Å². The normalized spacial score (nSPS) is 12.0. The number of sulfonamides is 1. The largest absolute Gasteiger partial charge is 0.353 e. The van der Waals surface area contributed by atoms with Gasteiger partial charge in [0.1, 0.15) is 0 Å². The Labute approximate surface area is 130 Å². The van der Waals surface area contributed by atoms with Gasteiger partial charge in [0, 0.05) is 24.7 Å². The number of likely N-dealkylation sites (N-methyl/N-ethyl adjacent to an activating group) is 1. The molecule has 6 nitrogen and oxygen atoms in total. The molecule has 0 unspecified atom stereocenters. The van der Waals surface area contributed by atoms with Crippen LogP contribution in [0.2, 0.25) is 5.02 Å². The summed E-state index contributed by atoms with van der Waals surface area (Å²) in [5.41, 5.74) is 6.15. The van der Waals surface area contributed by atoms with E-state index in [-0.39, 0.29) is 29.9 Å². The number of hydrogen-bond donors (Lipinski definition) is 2. The van der Waals surface area contributed by atoms with Crippen LogP contribution in [-0.2, 0) is 21.4 Å². The van der Waals surface area contributed by atoms with Gasteiger partial charge in [0.25, 0.3) is 0 Å². The van der Waals surface area contributed by atoms with Gasteiger partial charge in [0.2, 0.25) is 15.9 Å². The fraction of sp³-hybridized carbons (Fsp3) is 0.462. The molecule has 3 N–H and O–H groups in total. The second-order valence-electron chi connectivity index (χ2n) is 4.94. The number of carbonyl (C=O) groups is 1. The van der Waals surface area contributed by atoms with E-state index in [0.29, 0.717) is 10.6 Å². The van der Waals surface area contributed by atoms with E-state index in [1.165, 1.54) is 19.2 Å². The average Bonchev–Trinajstić information content (AvgIpc) is 2.37. The van der Waals surface area contributed by atoms with E-state index in [9.17, 15) is 13.2 Å². The molecule has 1 amide bonds. The third kappa shape index (κ3) is 4.67. The Bertz CT molecular complexity index is 617. The maximum atomic E-state index is 12.4. The second-order valence-corrected chi connectivity index (χ2v) is 7.39. The summed E-state index contributed by atoms with van der Waals surface area (Å²) >= 11 is 5.97. The first kappa shape index (κ1) is 17.9. The molecule has 0 aliphatic heterocycles. The van der Waals surface area contributed by atoms with Crippen LogP contribution in [0.4, 0.5) is 0 Å². The van der Waals surface area contributed by atoms with Gasteiger partial charge < -0.3 is 11.1 Å². The number of hydrogen-bond acceptors (Lipinski definition) is 4. The van der Waals surface area contributed by atoms with E-state index in [4.69, 9.17) is 17.3 Å². The van der Waals surface area contributed by atoms with Crippen LogP contribution in [0.1, 0.15) is 19.4 Å². The number of nitrogens with two attached hydrogens (primary N) is 1. The van der Waals surface area contributed by atoms with Crippen molar-refractivity contribution in [1.29, 1.82) is 0 Å². The van der Waals surface area contributed by atoms with Crippen molar-refractivity contribution in [3.05, 3.63) is 28.8 Å². The molecule has 0 heterocycles. The summed E-state index contributed by atoms with van der Waals surface area (Å²) in [4.78, 5) is 11.7. The molecule has 118 valence electrons. The monoisotopic (exact) mass is 333 g/mol. The van der Waals surface area contributed by atoms with Gasteiger partial charge in [-0.2, -0.15) is 4.31 Å². The van der Waals surface area contributed by atoms with Crippen molar-refractivity contribution in [2.75, 3.05) is 13.6 Å². The summed E-state index contributed by atoms with van der Waals surface area (Å²) < 4.78 is 25.7. The van der Waals surface area contributed by atoms with Crippen molar-refractivity contribution in [3.8, 4) is 0 Å². The van der Waals surface area contributed by atoms with Gasteiger partial charge in [0.15, 0.2) is 0 Å². The lowest BCUT2D eigenvalue weighted by Gasteiger charge is -2.18. The zero-order valence-corrected chi connectivity index (χ0v) is 13.8. The topological polar surface area (TPSA) is 92.5 Å². The number of benzene rings is 1. The van der Waals surface area contributed by atoms with Crippen molar-refractivity contribution >= 4 is 27.5 Å². The summed E-state index contributed by atoms with van der Waals surface area (Å²) in [6.45, 7) is 3.58. The molecule has 0 spiro atoms. The molecule has 21 heavy (non-hydrogen) atoms. The highest BCUT2D eigenvalue weighted by molar-refractivity contribution is 7.89. The Morgan fingerprint density at radius 2 is 2.05 bits per heavy atom. The minimum Gasteiger partial charge on any atom is -0.353 e. The lowest BCUT2D eigenvalue weighted by molar-refractivity contribution is -0.121. The van der Waals surface area contributed by atoms with E-state index >= 15 is 0 Å². The Morgan fingerprint density at radius 1 is 1.43 bits per heavy atom. The summed E-state index contributed by atoms with van der Waals surface area (Å²) in [5, 5.41) is 2.93. The van der Waals surface area contributed by atoms with E-state index < -0.39 is 10.0 Å². The highest BCUT2D eigenvalue weighted by atomic mass is 35.5. The van der Waals surface area contributed by atoms with Crippen LogP contribution >= 0.6 is 11.6 Å². The average molecular weight is 334 g/mol. The van der Waals surface area contributed by atoms with Gasteiger partial charge in [-0.3, -0.25) is 4.79 Å². The first-order valence-corrected chi connectivity index (χ1v) is 8.24. The fourth-order valence-electron chi connectivity index (χ4n) is 1.69. The van der Waals surface area contributed by atoms with Gasteiger partial charge in [-0.05, 0) is 31.5 Å². The Morgan fingerprint density at radius 3 is 2.52 bits per heavy atom. The standard InChI is InChI=1S/C13H20ClN3O3S/c1-9(2)16-13(18)8-17(3)21(19,20)11-5-4-10(7-15)12(14)6-11/h4-6,9H,7-8,15H2,1-3H3,(H,16,18). The van der Waals surface area contributed by atoms with Gasteiger partial charge in [-0.25, -0.2) is 8.42 Å². The smallest absolute Gasteiger partial charge is 0.243 e. The molecule has 0 radical (unpaired) electrons. The third-order valence-electron chi connectivity index (χ3n) is 2.77. The lowest BCUT2D eigenvalue weighted by atomic mass is 10.2. The first-order chi connectivity index (χ1) is 9.68. The number of nitrogens with zero attached hydrogens (tertiary/aromatic N) is 1. The number of rotatable bonds is 6. The van der Waals surface area contributed by atoms with Crippen LogP contribution in [0, 0.1) is 0 Å². The molecule has 0 atom stereocenters. The maximum absolute atomic E-state index is 12.4. The van der Waals surface area contributed by atoms with Crippen LogP contribution in [0.15, 0.2) is 23.1 Å². The molecular weight excluding hydrogens is 314 g/mol. The predicted octanol–water partition coefficient (Wildman–Crippen LogP) is 0.944. The van der Waals surface area contributed by atoms with Crippen molar-refractivity contribution in [3.63, 3.8) is 0 Å². The van der Waals surface area contributed by atoms with E-state index in [0.717, 1.165) is 4.31 Å². The molecule has 0 bridgehead atoms. The van der Waals surface area contributed by atoms with Crippen LogP contribution in [0.5, 0.6) is 0 Å². The van der Waals surface area contributed by atoms with Gasteiger partial charge in [-0.1, -0.05) is 17.7 Å². The van der Waals surface area contributed by atoms with Gasteiger partial charge in [0.05, 0.1) is 11.4 Å². The molecule has 0 saturated heterocycles. The molecule has 1 aromatic rings. The first-order valence-electron chi connectivity index (χ1n) is 6.42. The summed E-state index contributed by atoms with van der Waals surface area (Å²) in [5.74, 6) is -0.360. The van der Waals surface area contributed by atoms with E-state index in [2.05, 4.69) is 5.32 Å². The molecular formula is C13H20ClN3O3S. The molecule has 0 fully saturated rings. The van der Waals surface area contributed by atoms with Crippen molar-refractivity contribution in [1.82, 2.24) is 9.62 Å². The van der Waals surface area contributed by atoms with Crippen molar-refractivity contribution in [2.45, 2.75) is 31.3 Å². The summed E-state index contributed by atoms with van der Waals surface area (Å²) in [6, 6.07) is 4.29. The summed E-state index contributed by atoms with van der Waals surface area (Å²) in [6.07, 6.45) is 0. The van der Waals surface area contributed by atoms with Crippen LogP contribution in [0.3, 0.4) is 0 Å². The fourth-order valence-corrected chi connectivity index (χ4v) is 3.17. The Kier molecular flexibility index (Phi) is 6.15. The highest BCUT2D eigenvalue weighted by Crippen LogP contribution is 2.22. The quantitative estimate of drug-likeness (QED) is 0.810. The van der Waals surface area contributed by atoms with Crippen molar-refractivity contribution in [2.24, 2.45) is 5.73 Å². The molecule has 1 aromatic carbocycles. The predicted molar refractivity (Wildman–Crippen MR) is 82.4 cm³/mol. The molecule has 0 aliphatic carbocycles. The summed E-state index contributed by atoms with van der Waals surface area (Å²) in [7, 11) is -2.42. The number of carbonyl (C=O) groups excluding carboxylic acids is 1. The molecule has 0 aromatic heterocycles. The number of amides is 1. The Balaban J connectivity index is 2.94. The van der Waals surface area contributed by atoms with E-state index in [1.54, 1.807) is 19.9 Å². The maximum Gasteiger partial charge on any atom is 0.243 e. The van der Waals surface area contributed by atoms with Gasteiger partial charge >= 0.3 is 0 Å². The zero-order chi connectivity index (χ0) is 16.2. The van der Waals surface area contributed by atoms with Crippen molar-refractivity contribution < 1.29 is 13.2 Å². The minimum atomic E-state index is -3.77. The number of nitrogens with one attached hydrogen (secondary N) is 1. The van der Waals surface area contributed by atoms with Crippen LogP contribution in [0.25, 0.3) is 0 Å². The van der Waals surface area contributed by atoms with Gasteiger partial charge in [-0.15, -0.1) is 0 Å². The lowest BCUT2D eigenvalue weighted by Crippen LogP contribution is -2.40.